The van der Waals surface area contributed by atoms with Gasteiger partial charge < -0.3 is 0 Å². The van der Waals surface area contributed by atoms with E-state index in [4.69, 9.17) is 0 Å². The number of rotatable bonds is 5. The number of hydrogen-bond acceptors (Lipinski definition) is 5. The SMILES string of the molecule is C/C(=N\NS(=O)(=O)c1cc(C)ccc1C)c1ccc(C)c([N+](=O)[O-])c1. The van der Waals surface area contributed by atoms with Crippen molar-refractivity contribution in [2.24, 2.45) is 5.10 Å². The van der Waals surface area contributed by atoms with Gasteiger partial charge in [-0.25, -0.2) is 0 Å². The van der Waals surface area contributed by atoms with Crippen LogP contribution in [0, 0.1) is 30.9 Å². The molecule has 8 heteroatoms. The van der Waals surface area contributed by atoms with Crippen molar-refractivity contribution in [1.29, 1.82) is 0 Å². The first kappa shape index (κ1) is 18.6. The van der Waals surface area contributed by atoms with Gasteiger partial charge in [0.1, 0.15) is 0 Å². The van der Waals surface area contributed by atoms with Crippen LogP contribution >= 0.6 is 0 Å². The van der Waals surface area contributed by atoms with Gasteiger partial charge in [-0.15, -0.1) is 0 Å². The van der Waals surface area contributed by atoms with Crippen molar-refractivity contribution < 1.29 is 13.3 Å². The van der Waals surface area contributed by atoms with Crippen LogP contribution in [0.1, 0.15) is 29.2 Å². The standard InChI is InChI=1S/C17H19N3O4S/c1-11-5-6-13(3)17(9-11)25(23,24)19-18-14(4)15-8-7-12(2)16(10-15)20(21)22/h5-10,19H,1-4H3/b18-14+. The van der Waals surface area contributed by atoms with Gasteiger partial charge >= 0.3 is 0 Å². The lowest BCUT2D eigenvalue weighted by Crippen LogP contribution is -2.21. The van der Waals surface area contributed by atoms with Crippen LogP contribution in [-0.2, 0) is 10.0 Å². The third-order valence-electron chi connectivity index (χ3n) is 3.79. The number of sulfonamides is 1. The van der Waals surface area contributed by atoms with Crippen molar-refractivity contribution in [3.63, 3.8) is 0 Å². The van der Waals surface area contributed by atoms with Crippen LogP contribution in [-0.4, -0.2) is 19.1 Å². The maximum atomic E-state index is 12.4. The third-order valence-corrected chi connectivity index (χ3v) is 5.14. The number of hydrazone groups is 1. The monoisotopic (exact) mass is 361 g/mol. The summed E-state index contributed by atoms with van der Waals surface area (Å²) >= 11 is 0. The van der Waals surface area contributed by atoms with Crippen molar-refractivity contribution in [3.8, 4) is 0 Å². The summed E-state index contributed by atoms with van der Waals surface area (Å²) in [6, 6.07) is 9.76. The molecule has 2 aromatic rings. The molecule has 7 nitrogen and oxygen atoms in total. The van der Waals surface area contributed by atoms with E-state index in [-0.39, 0.29) is 10.6 Å². The molecule has 0 spiro atoms. The van der Waals surface area contributed by atoms with E-state index in [9.17, 15) is 18.5 Å². The Bertz CT molecular complexity index is 966. The normalized spacial score (nSPS) is 12.1. The molecule has 0 aromatic heterocycles. The zero-order valence-corrected chi connectivity index (χ0v) is 15.2. The zero-order valence-electron chi connectivity index (χ0n) is 14.4. The maximum Gasteiger partial charge on any atom is 0.276 e. The molecule has 0 aliphatic heterocycles. The van der Waals surface area contributed by atoms with Gasteiger partial charge in [0.15, 0.2) is 0 Å². The van der Waals surface area contributed by atoms with Crippen molar-refractivity contribution in [2.45, 2.75) is 32.6 Å². The molecule has 0 bridgehead atoms. The number of nitrogens with one attached hydrogen (secondary N) is 1. The number of benzene rings is 2. The Balaban J connectivity index is 2.33. The van der Waals surface area contributed by atoms with Gasteiger partial charge in [0, 0.05) is 17.2 Å². The molecule has 132 valence electrons. The fourth-order valence-corrected chi connectivity index (χ4v) is 3.46. The number of aryl methyl sites for hydroxylation is 3. The molecule has 2 aromatic carbocycles. The van der Waals surface area contributed by atoms with E-state index in [1.165, 1.54) is 6.07 Å². The van der Waals surface area contributed by atoms with Crippen LogP contribution in [0.25, 0.3) is 0 Å². The van der Waals surface area contributed by atoms with E-state index >= 15 is 0 Å². The molecule has 0 aliphatic carbocycles. The molecular weight excluding hydrogens is 342 g/mol. The first-order valence-corrected chi connectivity index (χ1v) is 8.99. The third kappa shape index (κ3) is 4.21. The highest BCUT2D eigenvalue weighted by atomic mass is 32.2. The molecule has 25 heavy (non-hydrogen) atoms. The van der Waals surface area contributed by atoms with E-state index in [1.54, 1.807) is 52.0 Å². The van der Waals surface area contributed by atoms with Crippen LogP contribution < -0.4 is 4.83 Å². The van der Waals surface area contributed by atoms with Gasteiger partial charge in [0.2, 0.25) is 0 Å². The molecule has 2 rings (SSSR count). The quantitative estimate of drug-likeness (QED) is 0.502. The summed E-state index contributed by atoms with van der Waals surface area (Å²) in [5.74, 6) is 0. The molecule has 0 unspecified atom stereocenters. The molecule has 0 radical (unpaired) electrons. The Hall–Kier alpha value is -2.74. The Morgan fingerprint density at radius 2 is 1.72 bits per heavy atom. The Kier molecular flexibility index (Phi) is 5.22. The van der Waals surface area contributed by atoms with E-state index in [0.717, 1.165) is 5.56 Å². The highest BCUT2D eigenvalue weighted by molar-refractivity contribution is 7.89. The lowest BCUT2D eigenvalue weighted by atomic mass is 10.1. The van der Waals surface area contributed by atoms with Crippen LogP contribution in [0.3, 0.4) is 0 Å². The van der Waals surface area contributed by atoms with Crippen LogP contribution in [0.2, 0.25) is 0 Å². The Morgan fingerprint density at radius 3 is 2.36 bits per heavy atom. The minimum atomic E-state index is -3.82. The molecule has 0 heterocycles. The summed E-state index contributed by atoms with van der Waals surface area (Å²) in [5.41, 5.74) is 2.72. The highest BCUT2D eigenvalue weighted by Gasteiger charge is 2.17. The van der Waals surface area contributed by atoms with Crippen molar-refractivity contribution in [3.05, 3.63) is 68.8 Å². The van der Waals surface area contributed by atoms with Crippen molar-refractivity contribution in [1.82, 2.24) is 4.83 Å². The lowest BCUT2D eigenvalue weighted by Gasteiger charge is -2.09. The fourth-order valence-electron chi connectivity index (χ4n) is 2.27. The molecule has 1 N–H and O–H groups in total. The Labute approximate surface area is 146 Å². The van der Waals surface area contributed by atoms with Gasteiger partial charge in [0.25, 0.3) is 15.7 Å². The zero-order chi connectivity index (χ0) is 18.8. The summed E-state index contributed by atoms with van der Waals surface area (Å²) in [4.78, 5) is 12.9. The Morgan fingerprint density at radius 1 is 1.08 bits per heavy atom. The topological polar surface area (TPSA) is 102 Å². The summed E-state index contributed by atoms with van der Waals surface area (Å²) < 4.78 is 24.9. The summed E-state index contributed by atoms with van der Waals surface area (Å²) in [7, 11) is -3.82. The van der Waals surface area contributed by atoms with E-state index in [2.05, 4.69) is 9.93 Å². The van der Waals surface area contributed by atoms with Gasteiger partial charge in [0.05, 0.1) is 15.5 Å². The van der Waals surface area contributed by atoms with Crippen molar-refractivity contribution >= 4 is 21.4 Å². The van der Waals surface area contributed by atoms with Crippen molar-refractivity contribution in [2.75, 3.05) is 0 Å². The first-order chi connectivity index (χ1) is 11.6. The average molecular weight is 361 g/mol. The average Bonchev–Trinajstić information content (AvgIpc) is 2.55. The minimum absolute atomic E-state index is 0.0376. The number of hydrogen-bond donors (Lipinski definition) is 1. The van der Waals surface area contributed by atoms with E-state index in [1.807, 2.05) is 6.07 Å². The van der Waals surface area contributed by atoms with Crippen LogP contribution in [0.4, 0.5) is 5.69 Å². The second-order valence-electron chi connectivity index (χ2n) is 5.82. The largest absolute Gasteiger partial charge is 0.276 e. The fraction of sp³-hybridized carbons (Fsp3) is 0.235. The first-order valence-electron chi connectivity index (χ1n) is 7.50. The predicted octanol–water partition coefficient (Wildman–Crippen LogP) is 3.22. The van der Waals surface area contributed by atoms with Crippen LogP contribution in [0.5, 0.6) is 0 Å². The summed E-state index contributed by atoms with van der Waals surface area (Å²) in [5, 5.41) is 14.9. The van der Waals surface area contributed by atoms with Gasteiger partial charge in [-0.1, -0.05) is 24.3 Å². The summed E-state index contributed by atoms with van der Waals surface area (Å²) in [6.45, 7) is 6.73. The number of nitro benzene ring substituents is 1. The highest BCUT2D eigenvalue weighted by Crippen LogP contribution is 2.20. The molecule has 0 aliphatic rings. The second kappa shape index (κ2) is 7.02. The second-order valence-corrected chi connectivity index (χ2v) is 7.45. The predicted molar refractivity (Wildman–Crippen MR) is 96.3 cm³/mol. The van der Waals surface area contributed by atoms with Crippen LogP contribution in [0.15, 0.2) is 46.4 Å². The number of nitro groups is 1. The van der Waals surface area contributed by atoms with Gasteiger partial charge in [-0.05, 0) is 44.9 Å². The van der Waals surface area contributed by atoms with E-state index < -0.39 is 14.9 Å². The molecular formula is C17H19N3O4S. The van der Waals surface area contributed by atoms with Gasteiger partial charge in [-0.2, -0.15) is 18.4 Å². The molecule has 0 atom stereocenters. The van der Waals surface area contributed by atoms with Gasteiger partial charge in [-0.3, -0.25) is 10.1 Å². The lowest BCUT2D eigenvalue weighted by molar-refractivity contribution is -0.385. The smallest absolute Gasteiger partial charge is 0.258 e. The molecule has 0 amide bonds. The maximum absolute atomic E-state index is 12.4. The molecule has 0 saturated carbocycles. The molecule has 0 fully saturated rings. The summed E-state index contributed by atoms with van der Waals surface area (Å²) in [6.07, 6.45) is 0. The number of nitrogens with zero attached hydrogens (tertiary/aromatic N) is 2. The van der Waals surface area contributed by atoms with E-state index in [0.29, 0.717) is 22.4 Å². The molecule has 0 saturated heterocycles. The minimum Gasteiger partial charge on any atom is -0.258 e.